The Labute approximate surface area is 159 Å². The van der Waals surface area contributed by atoms with E-state index in [9.17, 15) is 9.59 Å². The first-order valence-electron chi connectivity index (χ1n) is 9.15. The molecule has 0 radical (unpaired) electrons. The van der Waals surface area contributed by atoms with Gasteiger partial charge in [0.15, 0.2) is 0 Å². The molecular formula is C19H27N3O3S. The number of anilines is 1. The number of hydrogen-bond donors (Lipinski definition) is 2. The van der Waals surface area contributed by atoms with E-state index in [0.29, 0.717) is 19.3 Å². The summed E-state index contributed by atoms with van der Waals surface area (Å²) >= 11 is 1.89. The smallest absolute Gasteiger partial charge is 0.256 e. The van der Waals surface area contributed by atoms with Crippen LogP contribution in [0.4, 0.5) is 5.69 Å². The van der Waals surface area contributed by atoms with Crippen LogP contribution in [0.1, 0.15) is 18.4 Å². The lowest BCUT2D eigenvalue weighted by atomic mass is 9.91. The van der Waals surface area contributed by atoms with Gasteiger partial charge in [0.2, 0.25) is 5.91 Å². The van der Waals surface area contributed by atoms with E-state index in [4.69, 9.17) is 4.74 Å². The van der Waals surface area contributed by atoms with Crippen molar-refractivity contribution in [3.8, 4) is 0 Å². The van der Waals surface area contributed by atoms with E-state index < -0.39 is 5.60 Å². The summed E-state index contributed by atoms with van der Waals surface area (Å²) in [5, 5.41) is 6.21. The predicted molar refractivity (Wildman–Crippen MR) is 105 cm³/mol. The number of piperidine rings is 1. The minimum absolute atomic E-state index is 0.101. The molecule has 1 aromatic rings. The fraction of sp³-hybridized carbons (Fsp3) is 0.579. The highest BCUT2D eigenvalue weighted by molar-refractivity contribution is 7.99. The molecule has 2 heterocycles. The molecule has 26 heavy (non-hydrogen) atoms. The molecule has 2 aliphatic heterocycles. The highest BCUT2D eigenvalue weighted by Gasteiger charge is 2.39. The van der Waals surface area contributed by atoms with Gasteiger partial charge in [0, 0.05) is 37.4 Å². The van der Waals surface area contributed by atoms with Crippen molar-refractivity contribution in [2.45, 2.75) is 24.9 Å². The van der Waals surface area contributed by atoms with Crippen LogP contribution in [0.25, 0.3) is 0 Å². The first-order chi connectivity index (χ1) is 12.6. The van der Waals surface area contributed by atoms with Gasteiger partial charge in [-0.25, -0.2) is 0 Å². The number of hydrogen-bond acceptors (Lipinski definition) is 5. The second-order valence-corrected chi connectivity index (χ2v) is 7.99. The fourth-order valence-electron chi connectivity index (χ4n) is 3.40. The summed E-state index contributed by atoms with van der Waals surface area (Å²) in [7, 11) is 1.60. The van der Waals surface area contributed by atoms with Gasteiger partial charge in [-0.1, -0.05) is 12.1 Å². The number of carbonyl (C=O) groups is 2. The first kappa shape index (κ1) is 19.2. The molecular weight excluding hydrogens is 350 g/mol. The maximum absolute atomic E-state index is 12.7. The van der Waals surface area contributed by atoms with Crippen molar-refractivity contribution in [2.75, 3.05) is 50.1 Å². The van der Waals surface area contributed by atoms with Gasteiger partial charge in [-0.2, -0.15) is 11.8 Å². The van der Waals surface area contributed by atoms with Gasteiger partial charge >= 0.3 is 0 Å². The summed E-state index contributed by atoms with van der Waals surface area (Å²) in [6.07, 6.45) is 1.73. The highest BCUT2D eigenvalue weighted by atomic mass is 32.2. The van der Waals surface area contributed by atoms with Crippen molar-refractivity contribution in [2.24, 2.45) is 0 Å². The van der Waals surface area contributed by atoms with Gasteiger partial charge in [-0.15, -0.1) is 0 Å². The third-order valence-electron chi connectivity index (χ3n) is 5.15. The van der Waals surface area contributed by atoms with Crippen LogP contribution in [-0.4, -0.2) is 67.1 Å². The van der Waals surface area contributed by atoms with E-state index in [2.05, 4.69) is 10.6 Å². The lowest BCUT2D eigenvalue weighted by molar-refractivity contribution is -0.140. The van der Waals surface area contributed by atoms with Crippen molar-refractivity contribution in [1.29, 1.82) is 0 Å². The number of carbonyl (C=O) groups excluding carboxylic acids is 2. The normalized spacial score (nSPS) is 19.8. The maximum Gasteiger partial charge on any atom is 0.256 e. The molecule has 6 nitrogen and oxygen atoms in total. The fourth-order valence-corrected chi connectivity index (χ4v) is 4.31. The van der Waals surface area contributed by atoms with Gasteiger partial charge in [-0.3, -0.25) is 9.59 Å². The Kier molecular flexibility index (Phi) is 6.56. The van der Waals surface area contributed by atoms with E-state index in [0.717, 1.165) is 48.9 Å². The summed E-state index contributed by atoms with van der Waals surface area (Å²) in [5.41, 5.74) is 0.941. The van der Waals surface area contributed by atoms with Gasteiger partial charge in [0.25, 0.3) is 5.91 Å². The van der Waals surface area contributed by atoms with Crippen LogP contribution >= 0.6 is 11.8 Å². The lowest BCUT2D eigenvalue weighted by Gasteiger charge is -2.34. The Morgan fingerprint density at radius 3 is 2.46 bits per heavy atom. The number of methoxy groups -OCH3 is 1. The molecule has 0 atom stereocenters. The zero-order valence-corrected chi connectivity index (χ0v) is 16.1. The van der Waals surface area contributed by atoms with Gasteiger partial charge in [-0.05, 0) is 43.6 Å². The van der Waals surface area contributed by atoms with E-state index in [1.807, 2.05) is 40.9 Å². The summed E-state index contributed by atoms with van der Waals surface area (Å²) in [6.45, 7) is 3.23. The molecule has 2 N–H and O–H groups in total. The second-order valence-electron chi connectivity index (χ2n) is 6.77. The maximum atomic E-state index is 12.7. The van der Waals surface area contributed by atoms with Gasteiger partial charge < -0.3 is 20.3 Å². The summed E-state index contributed by atoms with van der Waals surface area (Å²) in [6, 6.07) is 7.54. The number of benzene rings is 1. The quantitative estimate of drug-likeness (QED) is 0.814. The number of thioether (sulfide) groups is 1. The largest absolute Gasteiger partial charge is 0.368 e. The number of rotatable bonds is 5. The van der Waals surface area contributed by atoms with E-state index in [1.165, 1.54) is 0 Å². The highest BCUT2D eigenvalue weighted by Crippen LogP contribution is 2.24. The average molecular weight is 378 g/mol. The zero-order chi connectivity index (χ0) is 18.4. The molecule has 0 unspecified atom stereocenters. The van der Waals surface area contributed by atoms with Crippen molar-refractivity contribution >= 4 is 29.3 Å². The third kappa shape index (κ3) is 4.58. The number of amides is 2. The Bertz CT molecular complexity index is 623. The third-order valence-corrected chi connectivity index (χ3v) is 6.09. The number of nitrogens with one attached hydrogen (secondary N) is 2. The van der Waals surface area contributed by atoms with Crippen molar-refractivity contribution in [3.63, 3.8) is 0 Å². The molecule has 7 heteroatoms. The van der Waals surface area contributed by atoms with E-state index in [-0.39, 0.29) is 11.8 Å². The second kappa shape index (κ2) is 8.88. The summed E-state index contributed by atoms with van der Waals surface area (Å²) in [4.78, 5) is 26.9. The van der Waals surface area contributed by atoms with Crippen LogP contribution in [0.15, 0.2) is 24.3 Å². The van der Waals surface area contributed by atoms with E-state index >= 15 is 0 Å². The van der Waals surface area contributed by atoms with Crippen LogP contribution < -0.4 is 10.6 Å². The molecule has 2 amide bonds. The molecule has 2 fully saturated rings. The topological polar surface area (TPSA) is 70.7 Å². The number of ether oxygens (including phenoxy) is 1. The molecule has 0 aromatic heterocycles. The summed E-state index contributed by atoms with van der Waals surface area (Å²) < 4.78 is 5.55. The average Bonchev–Trinajstić information content (AvgIpc) is 2.70. The Hall–Kier alpha value is -1.57. The number of nitrogens with zero attached hydrogens (tertiary/aromatic N) is 1. The van der Waals surface area contributed by atoms with Crippen LogP contribution in [-0.2, 0) is 20.7 Å². The monoisotopic (exact) mass is 377 g/mol. The Morgan fingerprint density at radius 2 is 1.85 bits per heavy atom. The minimum Gasteiger partial charge on any atom is -0.368 e. The lowest BCUT2D eigenvalue weighted by Crippen LogP contribution is -2.51. The molecule has 2 aliphatic rings. The molecule has 0 bridgehead atoms. The van der Waals surface area contributed by atoms with Crippen LogP contribution in [0.2, 0.25) is 0 Å². The molecule has 0 saturated carbocycles. The van der Waals surface area contributed by atoms with Crippen molar-refractivity contribution in [1.82, 2.24) is 10.2 Å². The molecule has 0 aliphatic carbocycles. The molecule has 1 aromatic carbocycles. The Morgan fingerprint density at radius 1 is 1.19 bits per heavy atom. The van der Waals surface area contributed by atoms with Crippen LogP contribution in [0, 0.1) is 0 Å². The first-order valence-corrected chi connectivity index (χ1v) is 10.3. The van der Waals surface area contributed by atoms with Crippen molar-refractivity contribution < 1.29 is 14.3 Å². The van der Waals surface area contributed by atoms with Gasteiger partial charge in [0.1, 0.15) is 5.60 Å². The molecule has 0 spiro atoms. The van der Waals surface area contributed by atoms with Crippen LogP contribution in [0.3, 0.4) is 0 Å². The van der Waals surface area contributed by atoms with Gasteiger partial charge in [0.05, 0.1) is 6.42 Å². The minimum atomic E-state index is -0.758. The Balaban J connectivity index is 1.57. The van der Waals surface area contributed by atoms with E-state index in [1.54, 1.807) is 7.11 Å². The predicted octanol–water partition coefficient (Wildman–Crippen LogP) is 1.51. The van der Waals surface area contributed by atoms with Crippen LogP contribution in [0.5, 0.6) is 0 Å². The SMILES string of the molecule is COC1(C(=O)Nc2ccc(CC(=O)N3CCSCC3)cc2)CCNCC1. The molecule has 3 rings (SSSR count). The molecule has 142 valence electrons. The zero-order valence-electron chi connectivity index (χ0n) is 15.3. The summed E-state index contributed by atoms with van der Waals surface area (Å²) in [5.74, 6) is 2.12. The standard InChI is InChI=1S/C19H27N3O3S/c1-25-19(6-8-20-9-7-19)18(24)21-16-4-2-15(3-5-16)14-17(23)22-10-12-26-13-11-22/h2-5,20H,6-14H2,1H3,(H,21,24). The van der Waals surface area contributed by atoms with Crippen molar-refractivity contribution in [3.05, 3.63) is 29.8 Å². The molecule has 2 saturated heterocycles.